The van der Waals surface area contributed by atoms with Gasteiger partial charge in [0.05, 0.1) is 0 Å². The van der Waals surface area contributed by atoms with Gasteiger partial charge in [-0.2, -0.15) is 0 Å². The van der Waals surface area contributed by atoms with Crippen LogP contribution in [-0.2, 0) is 9.59 Å². The second-order valence-corrected chi connectivity index (χ2v) is 5.73. The average Bonchev–Trinajstić information content (AvgIpc) is 2.82. The van der Waals surface area contributed by atoms with Crippen molar-refractivity contribution in [2.75, 3.05) is 13.6 Å². The summed E-state index contributed by atoms with van der Waals surface area (Å²) in [6, 6.07) is -0.204. The molecule has 0 spiro atoms. The first-order chi connectivity index (χ1) is 8.20. The standard InChI is InChI=1S/C13H20N2O2/c1-14-12(16)11-3-2-4-15(11)13(17)10-6-8-5-9(8)7-10/h8-11H,2-7H2,1H3,(H,14,16). The Bertz CT molecular complexity index is 345. The van der Waals surface area contributed by atoms with Gasteiger partial charge >= 0.3 is 0 Å². The number of amides is 2. The molecule has 0 aromatic heterocycles. The van der Waals surface area contributed by atoms with Crippen LogP contribution < -0.4 is 5.32 Å². The fourth-order valence-corrected chi connectivity index (χ4v) is 3.62. The summed E-state index contributed by atoms with van der Waals surface area (Å²) >= 11 is 0. The zero-order valence-corrected chi connectivity index (χ0v) is 10.3. The summed E-state index contributed by atoms with van der Waals surface area (Å²) in [6.45, 7) is 0.767. The molecule has 4 heteroatoms. The molecule has 17 heavy (non-hydrogen) atoms. The third-order valence-corrected chi connectivity index (χ3v) is 4.68. The number of carbonyl (C=O) groups excluding carboxylic acids is 2. The SMILES string of the molecule is CNC(=O)C1CCCN1C(=O)C1CC2CC2C1. The molecule has 3 fully saturated rings. The second-order valence-electron chi connectivity index (χ2n) is 5.73. The predicted octanol–water partition coefficient (Wildman–Crippen LogP) is 0.769. The summed E-state index contributed by atoms with van der Waals surface area (Å²) in [4.78, 5) is 25.9. The minimum atomic E-state index is -0.204. The number of nitrogens with one attached hydrogen (secondary N) is 1. The number of hydrogen-bond acceptors (Lipinski definition) is 2. The van der Waals surface area contributed by atoms with Crippen molar-refractivity contribution >= 4 is 11.8 Å². The van der Waals surface area contributed by atoms with Crippen LogP contribution in [0.4, 0.5) is 0 Å². The molecular weight excluding hydrogens is 216 g/mol. The second kappa shape index (κ2) is 4.00. The first-order valence-corrected chi connectivity index (χ1v) is 6.72. The molecule has 1 N–H and O–H groups in total. The Morgan fingerprint density at radius 1 is 1.18 bits per heavy atom. The van der Waals surface area contributed by atoms with Crippen LogP contribution >= 0.6 is 0 Å². The van der Waals surface area contributed by atoms with Crippen LogP contribution in [-0.4, -0.2) is 36.3 Å². The third kappa shape index (κ3) is 1.83. The Morgan fingerprint density at radius 2 is 1.88 bits per heavy atom. The largest absolute Gasteiger partial charge is 0.357 e. The van der Waals surface area contributed by atoms with Crippen molar-refractivity contribution in [3.8, 4) is 0 Å². The van der Waals surface area contributed by atoms with Crippen LogP contribution in [0.5, 0.6) is 0 Å². The molecule has 1 aliphatic heterocycles. The summed E-state index contributed by atoms with van der Waals surface area (Å²) in [5.74, 6) is 2.10. The molecule has 0 radical (unpaired) electrons. The van der Waals surface area contributed by atoms with Crippen molar-refractivity contribution in [3.63, 3.8) is 0 Å². The fraction of sp³-hybridized carbons (Fsp3) is 0.846. The number of hydrogen-bond donors (Lipinski definition) is 1. The lowest BCUT2D eigenvalue weighted by Crippen LogP contribution is -2.46. The molecule has 2 aliphatic carbocycles. The lowest BCUT2D eigenvalue weighted by Gasteiger charge is -2.26. The normalized spacial score (nSPS) is 39.0. The lowest BCUT2D eigenvalue weighted by atomic mass is 10.0. The molecule has 0 bridgehead atoms. The van der Waals surface area contributed by atoms with E-state index in [1.54, 1.807) is 7.05 Å². The van der Waals surface area contributed by atoms with Crippen LogP contribution in [0.1, 0.15) is 32.1 Å². The Labute approximate surface area is 102 Å². The van der Waals surface area contributed by atoms with E-state index < -0.39 is 0 Å². The summed E-state index contributed by atoms with van der Waals surface area (Å²) in [7, 11) is 1.65. The summed E-state index contributed by atoms with van der Waals surface area (Å²) in [5.41, 5.74) is 0. The molecular formula is C13H20N2O2. The van der Waals surface area contributed by atoms with Gasteiger partial charge in [-0.05, 0) is 43.9 Å². The highest BCUT2D eigenvalue weighted by Gasteiger charge is 2.50. The van der Waals surface area contributed by atoms with Crippen LogP contribution in [0.2, 0.25) is 0 Å². The molecule has 0 aromatic carbocycles. The van der Waals surface area contributed by atoms with Gasteiger partial charge in [0, 0.05) is 19.5 Å². The fourth-order valence-electron chi connectivity index (χ4n) is 3.62. The van der Waals surface area contributed by atoms with Gasteiger partial charge in [-0.15, -0.1) is 0 Å². The molecule has 2 amide bonds. The molecule has 4 nitrogen and oxygen atoms in total. The molecule has 3 unspecified atom stereocenters. The molecule has 0 aromatic rings. The van der Waals surface area contributed by atoms with E-state index in [4.69, 9.17) is 0 Å². The number of rotatable bonds is 2. The van der Waals surface area contributed by atoms with E-state index in [1.165, 1.54) is 6.42 Å². The number of likely N-dealkylation sites (N-methyl/N-ethyl adjacent to an activating group) is 1. The summed E-state index contributed by atoms with van der Waals surface area (Å²) in [6.07, 6.45) is 5.26. The van der Waals surface area contributed by atoms with Gasteiger partial charge < -0.3 is 10.2 Å². The molecule has 1 saturated heterocycles. The monoisotopic (exact) mass is 236 g/mol. The van der Waals surface area contributed by atoms with Gasteiger partial charge in [-0.3, -0.25) is 9.59 Å². The van der Waals surface area contributed by atoms with E-state index in [0.717, 1.165) is 44.1 Å². The van der Waals surface area contributed by atoms with E-state index in [-0.39, 0.29) is 23.8 Å². The number of nitrogens with zero attached hydrogens (tertiary/aromatic N) is 1. The van der Waals surface area contributed by atoms with E-state index in [9.17, 15) is 9.59 Å². The highest BCUT2D eigenvalue weighted by molar-refractivity contribution is 5.89. The minimum Gasteiger partial charge on any atom is -0.357 e. The van der Waals surface area contributed by atoms with Crippen molar-refractivity contribution in [1.82, 2.24) is 10.2 Å². The molecule has 1 heterocycles. The molecule has 94 valence electrons. The zero-order valence-electron chi connectivity index (χ0n) is 10.3. The van der Waals surface area contributed by atoms with E-state index in [2.05, 4.69) is 5.32 Å². The van der Waals surface area contributed by atoms with Gasteiger partial charge in [-0.25, -0.2) is 0 Å². The van der Waals surface area contributed by atoms with Crippen molar-refractivity contribution in [1.29, 1.82) is 0 Å². The van der Waals surface area contributed by atoms with Crippen molar-refractivity contribution in [3.05, 3.63) is 0 Å². The maximum atomic E-state index is 12.4. The smallest absolute Gasteiger partial charge is 0.242 e. The zero-order chi connectivity index (χ0) is 12.0. The Hall–Kier alpha value is -1.06. The molecule has 3 rings (SSSR count). The van der Waals surface area contributed by atoms with Crippen molar-refractivity contribution in [2.24, 2.45) is 17.8 Å². The number of carbonyl (C=O) groups is 2. The first kappa shape index (κ1) is 11.1. The van der Waals surface area contributed by atoms with Crippen LogP contribution in [0.25, 0.3) is 0 Å². The Morgan fingerprint density at radius 3 is 2.53 bits per heavy atom. The highest BCUT2D eigenvalue weighted by atomic mass is 16.2. The summed E-state index contributed by atoms with van der Waals surface area (Å²) in [5, 5.41) is 2.67. The Balaban J connectivity index is 1.66. The minimum absolute atomic E-state index is 0.000920. The summed E-state index contributed by atoms with van der Waals surface area (Å²) < 4.78 is 0. The topological polar surface area (TPSA) is 49.4 Å². The van der Waals surface area contributed by atoms with Gasteiger partial charge in [0.25, 0.3) is 0 Å². The molecule has 2 saturated carbocycles. The number of fused-ring (bicyclic) bond motifs is 1. The van der Waals surface area contributed by atoms with Crippen LogP contribution in [0, 0.1) is 17.8 Å². The van der Waals surface area contributed by atoms with E-state index in [1.807, 2.05) is 4.90 Å². The maximum Gasteiger partial charge on any atom is 0.242 e. The highest BCUT2D eigenvalue weighted by Crippen LogP contribution is 2.54. The van der Waals surface area contributed by atoms with Crippen molar-refractivity contribution < 1.29 is 9.59 Å². The number of likely N-dealkylation sites (tertiary alicyclic amines) is 1. The third-order valence-electron chi connectivity index (χ3n) is 4.68. The lowest BCUT2D eigenvalue weighted by molar-refractivity contribution is -0.141. The van der Waals surface area contributed by atoms with E-state index >= 15 is 0 Å². The van der Waals surface area contributed by atoms with Gasteiger partial charge in [0.1, 0.15) is 6.04 Å². The molecule has 3 aliphatic rings. The van der Waals surface area contributed by atoms with E-state index in [0.29, 0.717) is 0 Å². The van der Waals surface area contributed by atoms with Gasteiger partial charge in [0.15, 0.2) is 0 Å². The van der Waals surface area contributed by atoms with Crippen LogP contribution in [0.15, 0.2) is 0 Å². The predicted molar refractivity (Wildman–Crippen MR) is 63.1 cm³/mol. The van der Waals surface area contributed by atoms with Gasteiger partial charge in [-0.1, -0.05) is 0 Å². The quantitative estimate of drug-likeness (QED) is 0.770. The average molecular weight is 236 g/mol. The first-order valence-electron chi connectivity index (χ1n) is 6.72. The van der Waals surface area contributed by atoms with Crippen molar-refractivity contribution in [2.45, 2.75) is 38.1 Å². The Kier molecular flexibility index (Phi) is 2.60. The van der Waals surface area contributed by atoms with Crippen LogP contribution in [0.3, 0.4) is 0 Å². The molecule has 3 atom stereocenters. The van der Waals surface area contributed by atoms with Gasteiger partial charge in [0.2, 0.25) is 11.8 Å². The maximum absolute atomic E-state index is 12.4.